The second kappa shape index (κ2) is 12.0. The smallest absolute Gasteiger partial charge is 0.273 e. The minimum Gasteiger partial charge on any atom is -0.496 e. The Balaban J connectivity index is 1.58. The minimum absolute atomic E-state index is 0.151. The number of hydrogen-bond acceptors (Lipinski definition) is 6. The monoisotopic (exact) mass is 497 g/mol. The summed E-state index contributed by atoms with van der Waals surface area (Å²) in [7, 11) is 1.57. The van der Waals surface area contributed by atoms with Crippen LogP contribution in [0.25, 0.3) is 11.3 Å². The Morgan fingerprint density at radius 3 is 2.54 bits per heavy atom. The van der Waals surface area contributed by atoms with Crippen LogP contribution in [0, 0.1) is 6.92 Å². The van der Waals surface area contributed by atoms with E-state index < -0.39 is 0 Å². The fraction of sp³-hybridized carbons (Fsp3) is 0.241. The average Bonchev–Trinajstić information content (AvgIpc) is 2.91. The van der Waals surface area contributed by atoms with E-state index >= 15 is 0 Å². The molecule has 4 aromatic rings. The van der Waals surface area contributed by atoms with Crippen LogP contribution < -0.4 is 21.3 Å². The van der Waals surface area contributed by atoms with Crippen LogP contribution in [0.1, 0.15) is 28.9 Å². The molecule has 0 aliphatic rings. The van der Waals surface area contributed by atoms with Crippen molar-refractivity contribution in [2.45, 2.75) is 39.3 Å². The Hall–Kier alpha value is -4.46. The van der Waals surface area contributed by atoms with Crippen molar-refractivity contribution in [1.82, 2.24) is 19.9 Å². The number of nitrogens with zero attached hydrogens (tertiary/aromatic N) is 3. The van der Waals surface area contributed by atoms with Crippen molar-refractivity contribution in [3.8, 4) is 17.0 Å². The molecule has 0 bridgehead atoms. The van der Waals surface area contributed by atoms with E-state index in [1.165, 1.54) is 10.1 Å². The summed E-state index contributed by atoms with van der Waals surface area (Å²) < 4.78 is 6.99. The van der Waals surface area contributed by atoms with E-state index in [9.17, 15) is 9.59 Å². The molecular weight excluding hydrogens is 466 g/mol. The second-order valence-electron chi connectivity index (χ2n) is 8.78. The third-order valence-electron chi connectivity index (χ3n) is 6.22. The lowest BCUT2D eigenvalue weighted by Crippen LogP contribution is -2.35. The summed E-state index contributed by atoms with van der Waals surface area (Å²) in [6.45, 7) is 1.97. The number of ether oxygens (including phenoxy) is 1. The van der Waals surface area contributed by atoms with E-state index in [1.807, 2.05) is 55.5 Å². The number of methoxy groups -OCH3 is 1. The molecule has 0 unspecified atom stereocenters. The molecule has 0 atom stereocenters. The van der Waals surface area contributed by atoms with E-state index in [2.05, 4.69) is 27.4 Å². The van der Waals surface area contributed by atoms with Gasteiger partial charge in [0.1, 0.15) is 23.8 Å². The van der Waals surface area contributed by atoms with Crippen LogP contribution in [0.5, 0.6) is 5.75 Å². The number of aromatic nitrogens is 3. The Bertz CT molecular complexity index is 1430. The summed E-state index contributed by atoms with van der Waals surface area (Å²) in [6, 6.07) is 21.0. The number of nitrogens with two attached hydrogens (primary N) is 1. The van der Waals surface area contributed by atoms with Crippen LogP contribution in [-0.2, 0) is 30.7 Å². The lowest BCUT2D eigenvalue weighted by atomic mass is 10.1. The maximum atomic E-state index is 13.6. The molecule has 0 saturated carbocycles. The predicted molar refractivity (Wildman–Crippen MR) is 144 cm³/mol. The van der Waals surface area contributed by atoms with Gasteiger partial charge >= 0.3 is 0 Å². The van der Waals surface area contributed by atoms with E-state index in [0.717, 1.165) is 24.1 Å². The average molecular weight is 498 g/mol. The molecule has 8 nitrogen and oxygen atoms in total. The first kappa shape index (κ1) is 25.6. The molecule has 8 heteroatoms. The van der Waals surface area contributed by atoms with Crippen molar-refractivity contribution < 1.29 is 9.53 Å². The number of carbonyl (C=O) groups is 1. The van der Waals surface area contributed by atoms with Crippen molar-refractivity contribution in [3.05, 3.63) is 106 Å². The van der Waals surface area contributed by atoms with E-state index in [1.54, 1.807) is 19.4 Å². The van der Waals surface area contributed by atoms with Crippen molar-refractivity contribution in [1.29, 1.82) is 0 Å². The lowest BCUT2D eigenvalue weighted by Gasteiger charge is -2.16. The van der Waals surface area contributed by atoms with Crippen LogP contribution in [0.15, 0.2) is 77.7 Å². The van der Waals surface area contributed by atoms with Gasteiger partial charge in [-0.3, -0.25) is 19.1 Å². The first-order chi connectivity index (χ1) is 18.0. The molecule has 2 aromatic heterocycles. The Morgan fingerprint density at radius 1 is 1.03 bits per heavy atom. The first-order valence-corrected chi connectivity index (χ1v) is 12.2. The van der Waals surface area contributed by atoms with Crippen LogP contribution in [0.3, 0.4) is 0 Å². The number of anilines is 1. The SMILES string of the molecule is COc1ccccc1-c1cnc(CCCc2ccccc2)c(=O)n1CC(=O)NCc1ccc(N)nc1C. The van der Waals surface area contributed by atoms with Gasteiger partial charge in [-0.25, -0.2) is 4.98 Å². The lowest BCUT2D eigenvalue weighted by molar-refractivity contribution is -0.121. The van der Waals surface area contributed by atoms with Crippen molar-refractivity contribution in [2.75, 3.05) is 12.8 Å². The molecule has 190 valence electrons. The van der Waals surface area contributed by atoms with Gasteiger partial charge in [0.05, 0.1) is 19.0 Å². The van der Waals surface area contributed by atoms with Crippen LogP contribution >= 0.6 is 0 Å². The summed E-state index contributed by atoms with van der Waals surface area (Å²) >= 11 is 0. The quantitative estimate of drug-likeness (QED) is 0.346. The highest BCUT2D eigenvalue weighted by Gasteiger charge is 2.17. The maximum absolute atomic E-state index is 13.6. The number of hydrogen-bond donors (Lipinski definition) is 2. The Kier molecular flexibility index (Phi) is 8.30. The minimum atomic E-state index is -0.295. The fourth-order valence-electron chi connectivity index (χ4n) is 4.22. The standard InChI is InChI=1S/C29H31N5O3/c1-20-22(15-16-27(30)33-20)17-32-28(35)19-34-25(23-12-6-7-14-26(23)37-2)18-31-24(29(34)36)13-8-11-21-9-4-3-5-10-21/h3-7,9-10,12,14-16,18H,8,11,13,17,19H2,1-2H3,(H2,30,33)(H,32,35). The number of amides is 1. The molecule has 3 N–H and O–H groups in total. The number of carbonyl (C=O) groups excluding carboxylic acids is 1. The summed E-state index contributed by atoms with van der Waals surface area (Å²) in [6.07, 6.45) is 3.78. The fourth-order valence-corrected chi connectivity index (χ4v) is 4.22. The van der Waals surface area contributed by atoms with Gasteiger partial charge in [-0.15, -0.1) is 0 Å². The zero-order chi connectivity index (χ0) is 26.2. The van der Waals surface area contributed by atoms with E-state index in [-0.39, 0.29) is 24.6 Å². The van der Waals surface area contributed by atoms with E-state index in [0.29, 0.717) is 34.9 Å². The van der Waals surface area contributed by atoms with E-state index in [4.69, 9.17) is 10.5 Å². The molecule has 0 aliphatic heterocycles. The number of benzene rings is 2. The highest BCUT2D eigenvalue weighted by molar-refractivity contribution is 5.77. The highest BCUT2D eigenvalue weighted by Crippen LogP contribution is 2.28. The number of nitrogen functional groups attached to an aromatic ring is 1. The highest BCUT2D eigenvalue weighted by atomic mass is 16.5. The van der Waals surface area contributed by atoms with Crippen LogP contribution in [-0.4, -0.2) is 27.6 Å². The van der Waals surface area contributed by atoms with Gasteiger partial charge in [-0.1, -0.05) is 48.5 Å². The molecule has 0 spiro atoms. The number of rotatable bonds is 10. The summed E-state index contributed by atoms with van der Waals surface area (Å²) in [5.74, 6) is 0.728. The Morgan fingerprint density at radius 2 is 1.78 bits per heavy atom. The van der Waals surface area contributed by atoms with Gasteiger partial charge in [0, 0.05) is 17.8 Å². The number of aryl methyl sites for hydroxylation is 3. The molecule has 0 aliphatic carbocycles. The number of para-hydroxylation sites is 1. The zero-order valence-corrected chi connectivity index (χ0v) is 21.1. The number of nitrogens with one attached hydrogen (secondary N) is 1. The normalized spacial score (nSPS) is 10.8. The maximum Gasteiger partial charge on any atom is 0.273 e. The van der Waals surface area contributed by atoms with Gasteiger partial charge in [0.25, 0.3) is 5.56 Å². The molecule has 2 heterocycles. The predicted octanol–water partition coefficient (Wildman–Crippen LogP) is 3.70. The third-order valence-corrected chi connectivity index (χ3v) is 6.22. The molecule has 1 amide bonds. The first-order valence-electron chi connectivity index (χ1n) is 12.2. The topological polar surface area (TPSA) is 112 Å². The van der Waals surface area contributed by atoms with Crippen molar-refractivity contribution in [3.63, 3.8) is 0 Å². The van der Waals surface area contributed by atoms with Crippen molar-refractivity contribution >= 4 is 11.7 Å². The Labute approximate surface area is 216 Å². The largest absolute Gasteiger partial charge is 0.496 e. The molecule has 4 rings (SSSR count). The van der Waals surface area contributed by atoms with Gasteiger partial charge in [-0.2, -0.15) is 0 Å². The molecule has 0 radical (unpaired) electrons. The van der Waals surface area contributed by atoms with Gasteiger partial charge in [0.2, 0.25) is 5.91 Å². The van der Waals surface area contributed by atoms with Crippen LogP contribution in [0.4, 0.5) is 5.82 Å². The van der Waals surface area contributed by atoms with Gasteiger partial charge < -0.3 is 15.8 Å². The van der Waals surface area contributed by atoms with Gasteiger partial charge in [0.15, 0.2) is 0 Å². The molecule has 37 heavy (non-hydrogen) atoms. The van der Waals surface area contributed by atoms with Gasteiger partial charge in [-0.05, 0) is 55.5 Å². The zero-order valence-electron chi connectivity index (χ0n) is 21.1. The number of pyridine rings is 1. The second-order valence-corrected chi connectivity index (χ2v) is 8.78. The molecule has 2 aromatic carbocycles. The van der Waals surface area contributed by atoms with Crippen LogP contribution in [0.2, 0.25) is 0 Å². The molecule has 0 saturated heterocycles. The third kappa shape index (κ3) is 6.41. The summed E-state index contributed by atoms with van der Waals surface area (Å²) in [5.41, 5.74) is 9.91. The van der Waals surface area contributed by atoms with Crippen molar-refractivity contribution in [2.24, 2.45) is 0 Å². The summed E-state index contributed by atoms with van der Waals surface area (Å²) in [5, 5.41) is 2.90. The summed E-state index contributed by atoms with van der Waals surface area (Å²) in [4.78, 5) is 35.3. The molecule has 0 fully saturated rings. The molecular formula is C29H31N5O3.